The lowest BCUT2D eigenvalue weighted by molar-refractivity contribution is -0.143. The number of carboxylic acids is 1. The van der Waals surface area contributed by atoms with Crippen molar-refractivity contribution in [1.29, 1.82) is 0 Å². The Hall–Kier alpha value is -2.18. The Balaban J connectivity index is 1.86. The summed E-state index contributed by atoms with van der Waals surface area (Å²) in [6, 6.07) is -0.266. The first kappa shape index (κ1) is 15.2. The Morgan fingerprint density at radius 3 is 2.76 bits per heavy atom. The van der Waals surface area contributed by atoms with Crippen LogP contribution in [0.5, 0.6) is 0 Å². The molecule has 2 heterocycles. The Morgan fingerprint density at radius 2 is 2.19 bits per heavy atom. The molecule has 7 heteroatoms. The molecule has 0 saturated carbocycles. The van der Waals surface area contributed by atoms with E-state index < -0.39 is 5.97 Å². The van der Waals surface area contributed by atoms with E-state index in [0.29, 0.717) is 31.6 Å². The van der Waals surface area contributed by atoms with Crippen molar-refractivity contribution in [3.05, 3.63) is 23.8 Å². The molecule has 2 N–H and O–H groups in total. The van der Waals surface area contributed by atoms with Gasteiger partial charge in [-0.3, -0.25) is 14.8 Å². The summed E-state index contributed by atoms with van der Waals surface area (Å²) in [6.07, 6.45) is 4.28. The number of likely N-dealkylation sites (tertiary alicyclic amines) is 1. The summed E-state index contributed by atoms with van der Waals surface area (Å²) in [7, 11) is 0. The molecule has 1 aromatic rings. The highest BCUT2D eigenvalue weighted by Gasteiger charge is 2.32. The summed E-state index contributed by atoms with van der Waals surface area (Å²) < 4.78 is 0. The van der Waals surface area contributed by atoms with Gasteiger partial charge >= 0.3 is 12.0 Å². The number of aryl methyl sites for hydroxylation is 1. The first-order valence-corrected chi connectivity index (χ1v) is 7.02. The lowest BCUT2D eigenvalue weighted by Crippen LogP contribution is -2.50. The maximum absolute atomic E-state index is 12.1. The van der Waals surface area contributed by atoms with Gasteiger partial charge in [-0.15, -0.1) is 0 Å². The fraction of sp³-hybridized carbons (Fsp3) is 0.571. The molecule has 1 aliphatic heterocycles. The van der Waals surface area contributed by atoms with Crippen molar-refractivity contribution in [3.8, 4) is 0 Å². The van der Waals surface area contributed by atoms with Crippen LogP contribution in [0.15, 0.2) is 12.4 Å². The van der Waals surface area contributed by atoms with Crippen LogP contribution in [0.25, 0.3) is 0 Å². The summed E-state index contributed by atoms with van der Waals surface area (Å²) in [5, 5.41) is 11.8. The van der Waals surface area contributed by atoms with Crippen LogP contribution < -0.4 is 5.32 Å². The molecule has 1 aromatic heterocycles. The van der Waals surface area contributed by atoms with Crippen molar-refractivity contribution in [2.75, 3.05) is 6.54 Å². The highest BCUT2D eigenvalue weighted by molar-refractivity contribution is 5.75. The second-order valence-electron chi connectivity index (χ2n) is 5.41. The van der Waals surface area contributed by atoms with Gasteiger partial charge in [-0.05, 0) is 26.7 Å². The van der Waals surface area contributed by atoms with E-state index in [1.165, 1.54) is 0 Å². The van der Waals surface area contributed by atoms with Gasteiger partial charge in [0, 0.05) is 18.8 Å². The van der Waals surface area contributed by atoms with Gasteiger partial charge in [0.15, 0.2) is 0 Å². The third-order valence-electron chi connectivity index (χ3n) is 3.74. The fourth-order valence-electron chi connectivity index (χ4n) is 2.48. The predicted octanol–water partition coefficient (Wildman–Crippen LogP) is 1.18. The maximum Gasteiger partial charge on any atom is 0.317 e. The molecule has 2 atom stereocenters. The summed E-state index contributed by atoms with van der Waals surface area (Å²) in [5.41, 5.74) is 1.52. The Kier molecular flexibility index (Phi) is 4.72. The number of amides is 2. The average molecular weight is 292 g/mol. The molecule has 1 fully saturated rings. The second-order valence-corrected chi connectivity index (χ2v) is 5.41. The standard InChI is InChI=1S/C14H20N4O3/c1-9-6-16-12(7-15-9)8-17-14(21)18-4-3-11(13(19)20)5-10(18)2/h6-7,10-11H,3-5,8H2,1-2H3,(H,17,21)(H,19,20). The van der Waals surface area contributed by atoms with Gasteiger partial charge in [0.05, 0.1) is 30.0 Å². The quantitative estimate of drug-likeness (QED) is 0.872. The molecule has 0 spiro atoms. The minimum absolute atomic E-state index is 0.0797. The van der Waals surface area contributed by atoms with Gasteiger partial charge in [0.2, 0.25) is 0 Å². The molecule has 1 aliphatic rings. The van der Waals surface area contributed by atoms with Crippen LogP contribution in [-0.2, 0) is 11.3 Å². The first-order chi connectivity index (χ1) is 9.97. The van der Waals surface area contributed by atoms with Crippen LogP contribution in [0, 0.1) is 12.8 Å². The lowest BCUT2D eigenvalue weighted by atomic mass is 9.92. The van der Waals surface area contributed by atoms with E-state index in [9.17, 15) is 9.59 Å². The van der Waals surface area contributed by atoms with Crippen LogP contribution in [-0.4, -0.2) is 44.6 Å². The highest BCUT2D eigenvalue weighted by atomic mass is 16.4. The Bertz CT molecular complexity index is 517. The van der Waals surface area contributed by atoms with Crippen molar-refractivity contribution in [3.63, 3.8) is 0 Å². The number of nitrogens with zero attached hydrogens (tertiary/aromatic N) is 3. The van der Waals surface area contributed by atoms with Crippen molar-refractivity contribution in [2.24, 2.45) is 5.92 Å². The topological polar surface area (TPSA) is 95.4 Å². The molecule has 2 amide bonds. The molecular formula is C14H20N4O3. The molecule has 114 valence electrons. The van der Waals surface area contributed by atoms with Crippen LogP contribution in [0.1, 0.15) is 31.2 Å². The molecule has 1 saturated heterocycles. The third-order valence-corrected chi connectivity index (χ3v) is 3.74. The van der Waals surface area contributed by atoms with Crippen LogP contribution in [0.2, 0.25) is 0 Å². The number of urea groups is 1. The normalized spacial score (nSPS) is 21.9. The van der Waals surface area contributed by atoms with Gasteiger partial charge < -0.3 is 15.3 Å². The summed E-state index contributed by atoms with van der Waals surface area (Å²) >= 11 is 0. The number of hydrogen-bond acceptors (Lipinski definition) is 4. The summed E-state index contributed by atoms with van der Waals surface area (Å²) in [4.78, 5) is 33.1. The number of carboxylic acid groups (broad SMARTS) is 1. The zero-order chi connectivity index (χ0) is 15.4. The van der Waals surface area contributed by atoms with Crippen molar-refractivity contribution < 1.29 is 14.7 Å². The largest absolute Gasteiger partial charge is 0.481 e. The molecule has 21 heavy (non-hydrogen) atoms. The number of nitrogens with one attached hydrogen (secondary N) is 1. The monoisotopic (exact) mass is 292 g/mol. The molecule has 0 aliphatic carbocycles. The minimum Gasteiger partial charge on any atom is -0.481 e. The third kappa shape index (κ3) is 3.90. The Labute approximate surface area is 123 Å². The smallest absolute Gasteiger partial charge is 0.317 e. The lowest BCUT2D eigenvalue weighted by Gasteiger charge is -2.36. The number of hydrogen-bond donors (Lipinski definition) is 2. The van der Waals surface area contributed by atoms with E-state index in [1.54, 1.807) is 17.3 Å². The van der Waals surface area contributed by atoms with Gasteiger partial charge in [-0.1, -0.05) is 0 Å². The summed E-state index contributed by atoms with van der Waals surface area (Å²) in [5.74, 6) is -1.14. The van der Waals surface area contributed by atoms with Gasteiger partial charge in [-0.2, -0.15) is 0 Å². The average Bonchev–Trinajstić information content (AvgIpc) is 2.46. The second kappa shape index (κ2) is 6.51. The minimum atomic E-state index is -0.781. The van der Waals surface area contributed by atoms with E-state index in [0.717, 1.165) is 5.69 Å². The van der Waals surface area contributed by atoms with Gasteiger partial charge in [0.25, 0.3) is 0 Å². The number of carbonyl (C=O) groups is 2. The van der Waals surface area contributed by atoms with Gasteiger partial charge in [0.1, 0.15) is 0 Å². The molecular weight excluding hydrogens is 272 g/mol. The van der Waals surface area contributed by atoms with Crippen molar-refractivity contribution in [2.45, 2.75) is 39.3 Å². The molecule has 0 bridgehead atoms. The number of rotatable bonds is 3. The number of piperidine rings is 1. The zero-order valence-corrected chi connectivity index (χ0v) is 12.2. The van der Waals surface area contributed by atoms with E-state index in [4.69, 9.17) is 5.11 Å². The van der Waals surface area contributed by atoms with E-state index >= 15 is 0 Å². The highest BCUT2D eigenvalue weighted by Crippen LogP contribution is 2.22. The molecule has 2 rings (SSSR count). The molecule has 0 radical (unpaired) electrons. The fourth-order valence-corrected chi connectivity index (χ4v) is 2.48. The van der Waals surface area contributed by atoms with Crippen LogP contribution >= 0.6 is 0 Å². The molecule has 2 unspecified atom stereocenters. The van der Waals surface area contributed by atoms with Gasteiger partial charge in [-0.25, -0.2) is 4.79 Å². The number of carbonyl (C=O) groups excluding carboxylic acids is 1. The van der Waals surface area contributed by atoms with E-state index in [1.807, 2.05) is 13.8 Å². The van der Waals surface area contributed by atoms with Crippen molar-refractivity contribution in [1.82, 2.24) is 20.2 Å². The zero-order valence-electron chi connectivity index (χ0n) is 12.2. The van der Waals surface area contributed by atoms with Crippen molar-refractivity contribution >= 4 is 12.0 Å². The van der Waals surface area contributed by atoms with Crippen LogP contribution in [0.3, 0.4) is 0 Å². The Morgan fingerprint density at radius 1 is 1.43 bits per heavy atom. The molecule has 7 nitrogen and oxygen atoms in total. The van der Waals surface area contributed by atoms with E-state index in [2.05, 4.69) is 15.3 Å². The number of aromatic nitrogens is 2. The maximum atomic E-state index is 12.1. The first-order valence-electron chi connectivity index (χ1n) is 7.02. The van der Waals surface area contributed by atoms with E-state index in [-0.39, 0.29) is 18.0 Å². The SMILES string of the molecule is Cc1cnc(CNC(=O)N2CCC(C(=O)O)CC2C)cn1. The summed E-state index contributed by atoms with van der Waals surface area (Å²) in [6.45, 7) is 4.51. The number of aliphatic carboxylic acids is 1. The van der Waals surface area contributed by atoms with Crippen LogP contribution in [0.4, 0.5) is 4.79 Å². The molecule has 0 aromatic carbocycles. The predicted molar refractivity (Wildman–Crippen MR) is 75.5 cm³/mol.